The van der Waals surface area contributed by atoms with Gasteiger partial charge in [-0.25, -0.2) is 4.79 Å². The van der Waals surface area contributed by atoms with E-state index in [0.29, 0.717) is 11.1 Å². The van der Waals surface area contributed by atoms with E-state index in [1.54, 1.807) is 12.1 Å². The van der Waals surface area contributed by atoms with Crippen LogP contribution in [-0.4, -0.2) is 23.2 Å². The summed E-state index contributed by atoms with van der Waals surface area (Å²) in [6.45, 7) is 10.2. The predicted octanol–water partition coefficient (Wildman–Crippen LogP) is 7.15. The Labute approximate surface area is 183 Å². The molecule has 0 heterocycles. The van der Waals surface area contributed by atoms with E-state index in [1.807, 2.05) is 12.1 Å². The van der Waals surface area contributed by atoms with Gasteiger partial charge in [0.05, 0.1) is 5.56 Å². The molecule has 3 rings (SSSR count). The topological polar surface area (TPSA) is 49.3 Å². The summed E-state index contributed by atoms with van der Waals surface area (Å²) in [7, 11) is 0. The van der Waals surface area contributed by atoms with Crippen LogP contribution >= 0.6 is 0 Å². The van der Waals surface area contributed by atoms with Crippen molar-refractivity contribution >= 4 is 16.7 Å². The zero-order valence-corrected chi connectivity index (χ0v) is 19.5. The van der Waals surface area contributed by atoms with Crippen molar-refractivity contribution in [3.05, 3.63) is 47.0 Å². The van der Waals surface area contributed by atoms with Crippen molar-refractivity contribution in [2.45, 2.75) is 97.4 Å². The minimum absolute atomic E-state index is 0.293. The van der Waals surface area contributed by atoms with Gasteiger partial charge in [-0.2, -0.15) is 0 Å². The van der Waals surface area contributed by atoms with Gasteiger partial charge in [0.15, 0.2) is 0 Å². The van der Waals surface area contributed by atoms with Gasteiger partial charge in [0, 0.05) is 5.54 Å². The summed E-state index contributed by atoms with van der Waals surface area (Å²) >= 11 is 0. The summed E-state index contributed by atoms with van der Waals surface area (Å²) in [5, 5.41) is 14.8. The maximum absolute atomic E-state index is 10.9. The second-order valence-electron chi connectivity index (χ2n) is 9.61. The van der Waals surface area contributed by atoms with Crippen LogP contribution < -0.4 is 5.32 Å². The first-order valence-corrected chi connectivity index (χ1v) is 11.8. The largest absolute Gasteiger partial charge is 0.478 e. The highest BCUT2D eigenvalue weighted by Crippen LogP contribution is 2.31. The maximum Gasteiger partial charge on any atom is 0.335 e. The monoisotopic (exact) mass is 411 g/mol. The van der Waals surface area contributed by atoms with Gasteiger partial charge < -0.3 is 10.4 Å². The number of unbranched alkanes of at least 4 members (excludes halogenated alkanes) is 7. The third-order valence-corrected chi connectivity index (χ3v) is 5.74. The van der Waals surface area contributed by atoms with Gasteiger partial charge in [-0.05, 0) is 80.6 Å². The van der Waals surface area contributed by atoms with E-state index in [0.717, 1.165) is 18.2 Å². The minimum atomic E-state index is -0.842. The summed E-state index contributed by atoms with van der Waals surface area (Å²) < 4.78 is 0. The standard InChI is InChI=1S/C14H31N.C13H10O2/c1-5-6-7-8-9-10-11-12-13-15-14(2,3)4;14-13(15)11-6-9-3-1-2-8-4-5-10(7-11)12(8)9/h15H,5-13H2,1-4H3;1-3,6-7H,4-5H2,(H,14,15). The Morgan fingerprint density at radius 3 is 2.20 bits per heavy atom. The fraction of sp³-hybridized carbons (Fsp3) is 0.593. The Morgan fingerprint density at radius 2 is 1.57 bits per heavy atom. The van der Waals surface area contributed by atoms with E-state index in [9.17, 15) is 4.79 Å². The number of carbonyl (C=O) groups is 1. The van der Waals surface area contributed by atoms with E-state index in [4.69, 9.17) is 5.11 Å². The quantitative estimate of drug-likeness (QED) is 0.408. The van der Waals surface area contributed by atoms with Crippen molar-refractivity contribution < 1.29 is 9.90 Å². The van der Waals surface area contributed by atoms with E-state index in [1.165, 1.54) is 74.4 Å². The molecule has 3 heteroatoms. The maximum atomic E-state index is 10.9. The first kappa shape index (κ1) is 24.4. The van der Waals surface area contributed by atoms with Gasteiger partial charge in [-0.3, -0.25) is 0 Å². The molecule has 166 valence electrons. The van der Waals surface area contributed by atoms with Crippen LogP contribution in [0.2, 0.25) is 0 Å². The van der Waals surface area contributed by atoms with Crippen LogP contribution in [0.4, 0.5) is 0 Å². The van der Waals surface area contributed by atoms with Crippen molar-refractivity contribution in [1.82, 2.24) is 5.32 Å². The lowest BCUT2D eigenvalue weighted by Crippen LogP contribution is -2.36. The summed E-state index contributed by atoms with van der Waals surface area (Å²) in [6, 6.07) is 9.68. The molecule has 2 aromatic rings. The third kappa shape index (κ3) is 8.10. The molecule has 1 aliphatic rings. The van der Waals surface area contributed by atoms with Crippen LogP contribution in [-0.2, 0) is 12.8 Å². The molecular weight excluding hydrogens is 370 g/mol. The average molecular weight is 412 g/mol. The van der Waals surface area contributed by atoms with Crippen molar-refractivity contribution in [2.24, 2.45) is 0 Å². The number of nitrogens with one attached hydrogen (secondary N) is 1. The lowest BCUT2D eigenvalue weighted by atomic mass is 10.0. The highest BCUT2D eigenvalue weighted by atomic mass is 16.4. The van der Waals surface area contributed by atoms with Crippen LogP contribution in [0.25, 0.3) is 10.8 Å². The molecule has 3 nitrogen and oxygen atoms in total. The second-order valence-corrected chi connectivity index (χ2v) is 9.61. The molecule has 0 spiro atoms. The molecule has 2 N–H and O–H groups in total. The lowest BCUT2D eigenvalue weighted by molar-refractivity contribution is 0.0697. The Balaban J connectivity index is 0.000000214. The summed E-state index contributed by atoms with van der Waals surface area (Å²) in [5.74, 6) is -0.842. The Morgan fingerprint density at radius 1 is 0.933 bits per heavy atom. The molecule has 0 bridgehead atoms. The highest BCUT2D eigenvalue weighted by molar-refractivity contribution is 5.98. The first-order valence-electron chi connectivity index (χ1n) is 11.8. The van der Waals surface area contributed by atoms with Crippen molar-refractivity contribution in [2.75, 3.05) is 6.54 Å². The molecule has 0 aliphatic heterocycles. The minimum Gasteiger partial charge on any atom is -0.478 e. The Hall–Kier alpha value is -1.87. The van der Waals surface area contributed by atoms with E-state index in [-0.39, 0.29) is 0 Å². The van der Waals surface area contributed by atoms with Gasteiger partial charge in [-0.1, -0.05) is 70.1 Å². The number of hydrogen-bond acceptors (Lipinski definition) is 2. The number of carboxylic acid groups (broad SMARTS) is 1. The smallest absolute Gasteiger partial charge is 0.335 e. The van der Waals surface area contributed by atoms with Crippen LogP contribution in [0.5, 0.6) is 0 Å². The number of hydrogen-bond donors (Lipinski definition) is 2. The molecule has 0 saturated carbocycles. The van der Waals surface area contributed by atoms with Crippen LogP contribution in [0.1, 0.15) is 101 Å². The van der Waals surface area contributed by atoms with Gasteiger partial charge in [0.25, 0.3) is 0 Å². The number of benzene rings is 2. The fourth-order valence-corrected chi connectivity index (χ4v) is 4.12. The molecular formula is C27H41NO2. The van der Waals surface area contributed by atoms with E-state index >= 15 is 0 Å². The van der Waals surface area contributed by atoms with Gasteiger partial charge in [-0.15, -0.1) is 0 Å². The first-order chi connectivity index (χ1) is 14.3. The number of rotatable bonds is 10. The molecule has 2 aromatic carbocycles. The normalized spacial score (nSPS) is 12.7. The summed E-state index contributed by atoms with van der Waals surface area (Å²) in [6.07, 6.45) is 13.3. The average Bonchev–Trinajstić information content (AvgIpc) is 3.11. The number of aromatic carboxylic acids is 1. The molecule has 0 aromatic heterocycles. The van der Waals surface area contributed by atoms with Crippen LogP contribution in [0.3, 0.4) is 0 Å². The SMILES string of the molecule is CCCCCCCCCCNC(C)(C)C.O=C(O)c1cc2c3c(cccc3c1)CC2. The third-order valence-electron chi connectivity index (χ3n) is 5.74. The van der Waals surface area contributed by atoms with Gasteiger partial charge in [0.1, 0.15) is 0 Å². The molecule has 0 amide bonds. The Bertz CT molecular complexity index is 804. The van der Waals surface area contributed by atoms with E-state index in [2.05, 4.69) is 39.1 Å². The molecule has 1 aliphatic carbocycles. The summed E-state index contributed by atoms with van der Waals surface area (Å²) in [4.78, 5) is 10.9. The van der Waals surface area contributed by atoms with Crippen molar-refractivity contribution in [1.29, 1.82) is 0 Å². The van der Waals surface area contributed by atoms with Gasteiger partial charge in [0.2, 0.25) is 0 Å². The highest BCUT2D eigenvalue weighted by Gasteiger charge is 2.16. The van der Waals surface area contributed by atoms with Crippen LogP contribution in [0.15, 0.2) is 30.3 Å². The number of carboxylic acids is 1. The van der Waals surface area contributed by atoms with E-state index < -0.39 is 5.97 Å². The lowest BCUT2D eigenvalue weighted by Gasteiger charge is -2.20. The molecule has 0 atom stereocenters. The number of aryl methyl sites for hydroxylation is 2. The Kier molecular flexibility index (Phi) is 9.84. The van der Waals surface area contributed by atoms with Crippen molar-refractivity contribution in [3.8, 4) is 0 Å². The second kappa shape index (κ2) is 12.1. The van der Waals surface area contributed by atoms with Crippen molar-refractivity contribution in [3.63, 3.8) is 0 Å². The zero-order chi connectivity index (χ0) is 22.0. The molecule has 30 heavy (non-hydrogen) atoms. The zero-order valence-electron chi connectivity index (χ0n) is 19.5. The molecule has 0 fully saturated rings. The molecule has 0 radical (unpaired) electrons. The summed E-state index contributed by atoms with van der Waals surface area (Å²) in [5.41, 5.74) is 3.22. The van der Waals surface area contributed by atoms with Crippen LogP contribution in [0, 0.1) is 0 Å². The molecule has 0 unspecified atom stereocenters. The molecule has 0 saturated heterocycles. The fourth-order valence-electron chi connectivity index (χ4n) is 4.12. The predicted molar refractivity (Wildman–Crippen MR) is 129 cm³/mol. The van der Waals surface area contributed by atoms with Gasteiger partial charge >= 0.3 is 5.97 Å².